The first-order valence-electron chi connectivity index (χ1n) is 8.03. The lowest BCUT2D eigenvalue weighted by atomic mass is 9.66. The standard InChI is InChI=1S/C18H26O5/c1-11-8-18(10-23-16(21)17(2,3)4)9-13(11)14(19)6-12(18)7-15(20)22-5/h12-13H,1,6-10H2,2-5H3/t12-,13+,18+/m0/s1. The molecule has 0 radical (unpaired) electrons. The van der Waals surface area contributed by atoms with E-state index in [1.807, 2.05) is 0 Å². The molecule has 3 atom stereocenters. The molecule has 0 spiro atoms. The number of ether oxygens (including phenoxy) is 2. The van der Waals surface area contributed by atoms with Crippen LogP contribution in [0, 0.1) is 22.7 Å². The van der Waals surface area contributed by atoms with E-state index in [1.54, 1.807) is 20.8 Å². The first kappa shape index (κ1) is 17.7. The third-order valence-corrected chi connectivity index (χ3v) is 5.13. The van der Waals surface area contributed by atoms with Crippen LogP contribution < -0.4 is 0 Å². The molecular formula is C18H26O5. The zero-order chi connectivity index (χ0) is 17.4. The number of carbonyl (C=O) groups is 3. The summed E-state index contributed by atoms with van der Waals surface area (Å²) in [6.45, 7) is 9.67. The Morgan fingerprint density at radius 3 is 2.57 bits per heavy atom. The number of fused-ring (bicyclic) bond motifs is 2. The minimum absolute atomic E-state index is 0.138. The van der Waals surface area contributed by atoms with Crippen molar-refractivity contribution in [1.82, 2.24) is 0 Å². The van der Waals surface area contributed by atoms with Crippen molar-refractivity contribution in [2.75, 3.05) is 13.7 Å². The van der Waals surface area contributed by atoms with Gasteiger partial charge in [-0.2, -0.15) is 0 Å². The second-order valence-corrected chi connectivity index (χ2v) is 7.93. The lowest BCUT2D eigenvalue weighted by molar-refractivity contribution is -0.160. The van der Waals surface area contributed by atoms with Crippen molar-refractivity contribution in [3.8, 4) is 0 Å². The van der Waals surface area contributed by atoms with E-state index in [9.17, 15) is 14.4 Å². The summed E-state index contributed by atoms with van der Waals surface area (Å²) in [5.74, 6) is -0.780. The molecule has 0 aromatic carbocycles. The number of allylic oxidation sites excluding steroid dienone is 1. The highest BCUT2D eigenvalue weighted by atomic mass is 16.5. The van der Waals surface area contributed by atoms with Gasteiger partial charge in [-0.25, -0.2) is 0 Å². The first-order chi connectivity index (χ1) is 10.6. The van der Waals surface area contributed by atoms with Crippen molar-refractivity contribution in [2.45, 2.75) is 46.5 Å². The van der Waals surface area contributed by atoms with E-state index < -0.39 is 5.41 Å². The fourth-order valence-electron chi connectivity index (χ4n) is 3.68. The molecule has 128 valence electrons. The highest BCUT2D eigenvalue weighted by Crippen LogP contribution is 2.56. The average Bonchev–Trinajstić information content (AvgIpc) is 2.76. The Kier molecular flexibility index (Phi) is 4.69. The number of rotatable bonds is 4. The Morgan fingerprint density at radius 2 is 2.00 bits per heavy atom. The van der Waals surface area contributed by atoms with Crippen LogP contribution in [0.25, 0.3) is 0 Å². The van der Waals surface area contributed by atoms with Gasteiger partial charge in [-0.3, -0.25) is 14.4 Å². The molecule has 23 heavy (non-hydrogen) atoms. The fourth-order valence-corrected chi connectivity index (χ4v) is 3.68. The SMILES string of the molecule is C=C1C[C@]2(COC(=O)C(C)(C)C)C[C@H]1C(=O)C[C@H]2CC(=O)OC. The maximum atomic E-state index is 12.3. The monoisotopic (exact) mass is 322 g/mol. The third-order valence-electron chi connectivity index (χ3n) is 5.13. The van der Waals surface area contributed by atoms with Crippen LogP contribution >= 0.6 is 0 Å². The maximum Gasteiger partial charge on any atom is 0.311 e. The first-order valence-corrected chi connectivity index (χ1v) is 8.03. The van der Waals surface area contributed by atoms with E-state index >= 15 is 0 Å². The number of Topliss-reactive ketones (excluding diaryl/α,β-unsaturated/α-hetero) is 1. The quantitative estimate of drug-likeness (QED) is 0.588. The molecule has 0 amide bonds. The number of hydrogen-bond acceptors (Lipinski definition) is 5. The van der Waals surface area contributed by atoms with Gasteiger partial charge in [-0.05, 0) is 39.5 Å². The average molecular weight is 322 g/mol. The second kappa shape index (κ2) is 6.10. The number of esters is 2. The summed E-state index contributed by atoms with van der Waals surface area (Å²) in [7, 11) is 1.34. The minimum atomic E-state index is -0.575. The Morgan fingerprint density at radius 1 is 1.35 bits per heavy atom. The molecule has 2 bridgehead atoms. The summed E-state index contributed by atoms with van der Waals surface area (Å²) in [4.78, 5) is 36.1. The summed E-state index contributed by atoms with van der Waals surface area (Å²) < 4.78 is 10.3. The van der Waals surface area contributed by atoms with Gasteiger partial charge >= 0.3 is 11.9 Å². The second-order valence-electron chi connectivity index (χ2n) is 7.93. The van der Waals surface area contributed by atoms with E-state index in [-0.39, 0.29) is 48.0 Å². The molecule has 0 N–H and O–H groups in total. The number of hydrogen-bond donors (Lipinski definition) is 0. The largest absolute Gasteiger partial charge is 0.469 e. The van der Waals surface area contributed by atoms with Gasteiger partial charge in [-0.15, -0.1) is 0 Å². The molecule has 0 aromatic heterocycles. The molecule has 5 heteroatoms. The van der Waals surface area contributed by atoms with Crippen molar-refractivity contribution in [1.29, 1.82) is 0 Å². The van der Waals surface area contributed by atoms with Crippen LogP contribution in [0.2, 0.25) is 0 Å². The summed E-state index contributed by atoms with van der Waals surface area (Å²) in [5.41, 5.74) is -0.0483. The minimum Gasteiger partial charge on any atom is -0.469 e. The zero-order valence-electron chi connectivity index (χ0n) is 14.4. The van der Waals surface area contributed by atoms with Crippen LogP contribution in [0.1, 0.15) is 46.5 Å². The number of methoxy groups -OCH3 is 1. The molecule has 2 aliphatic carbocycles. The Hall–Kier alpha value is -1.65. The molecule has 5 nitrogen and oxygen atoms in total. The summed E-state index contributed by atoms with van der Waals surface area (Å²) in [6.07, 6.45) is 1.74. The Balaban J connectivity index is 2.19. The van der Waals surface area contributed by atoms with Gasteiger partial charge in [0.15, 0.2) is 0 Å². The molecular weight excluding hydrogens is 296 g/mol. The van der Waals surface area contributed by atoms with Gasteiger partial charge in [0, 0.05) is 24.2 Å². The lowest BCUT2D eigenvalue weighted by Gasteiger charge is -2.39. The van der Waals surface area contributed by atoms with E-state index in [0.29, 0.717) is 19.3 Å². The van der Waals surface area contributed by atoms with Gasteiger partial charge in [0.2, 0.25) is 0 Å². The van der Waals surface area contributed by atoms with Crippen LogP contribution in [0.4, 0.5) is 0 Å². The van der Waals surface area contributed by atoms with Gasteiger partial charge < -0.3 is 9.47 Å². The molecule has 2 saturated carbocycles. The highest BCUT2D eigenvalue weighted by Gasteiger charge is 2.54. The predicted octanol–water partition coefficient (Wildman–Crippen LogP) is 2.68. The van der Waals surface area contributed by atoms with Gasteiger partial charge in [0.1, 0.15) is 5.78 Å². The molecule has 2 fully saturated rings. The molecule has 2 aliphatic rings. The van der Waals surface area contributed by atoms with E-state index in [4.69, 9.17) is 9.47 Å². The van der Waals surface area contributed by atoms with E-state index in [0.717, 1.165) is 5.57 Å². The molecule has 0 aliphatic heterocycles. The zero-order valence-corrected chi connectivity index (χ0v) is 14.4. The van der Waals surface area contributed by atoms with E-state index in [1.165, 1.54) is 7.11 Å². The number of carbonyl (C=O) groups excluding carboxylic acids is 3. The van der Waals surface area contributed by atoms with Gasteiger partial charge in [0.05, 0.1) is 19.1 Å². The predicted molar refractivity (Wildman–Crippen MR) is 84.5 cm³/mol. The fraction of sp³-hybridized carbons (Fsp3) is 0.722. The molecule has 0 unspecified atom stereocenters. The summed E-state index contributed by atoms with van der Waals surface area (Å²) in [6, 6.07) is 0. The maximum absolute atomic E-state index is 12.3. The highest BCUT2D eigenvalue weighted by molar-refractivity contribution is 5.87. The van der Waals surface area contributed by atoms with Gasteiger partial charge in [0.25, 0.3) is 0 Å². The van der Waals surface area contributed by atoms with Crippen LogP contribution in [0.3, 0.4) is 0 Å². The van der Waals surface area contributed by atoms with Crippen molar-refractivity contribution >= 4 is 17.7 Å². The van der Waals surface area contributed by atoms with Crippen molar-refractivity contribution in [2.24, 2.45) is 22.7 Å². The van der Waals surface area contributed by atoms with Crippen LogP contribution in [0.5, 0.6) is 0 Å². The van der Waals surface area contributed by atoms with Crippen molar-refractivity contribution in [3.63, 3.8) is 0 Å². The summed E-state index contributed by atoms with van der Waals surface area (Å²) >= 11 is 0. The number of ketones is 1. The molecule has 0 aromatic rings. The van der Waals surface area contributed by atoms with Crippen molar-refractivity contribution < 1.29 is 23.9 Å². The van der Waals surface area contributed by atoms with Crippen LogP contribution in [0.15, 0.2) is 12.2 Å². The topological polar surface area (TPSA) is 69.7 Å². The molecule has 0 saturated heterocycles. The third kappa shape index (κ3) is 3.48. The summed E-state index contributed by atoms with van der Waals surface area (Å²) in [5, 5.41) is 0. The van der Waals surface area contributed by atoms with Gasteiger partial charge in [-0.1, -0.05) is 12.2 Å². The Bertz CT molecular complexity index is 542. The normalized spacial score (nSPS) is 30.3. The van der Waals surface area contributed by atoms with E-state index in [2.05, 4.69) is 6.58 Å². The van der Waals surface area contributed by atoms with Crippen molar-refractivity contribution in [3.05, 3.63) is 12.2 Å². The molecule has 0 heterocycles. The van der Waals surface area contributed by atoms with Crippen LogP contribution in [-0.4, -0.2) is 31.4 Å². The lowest BCUT2D eigenvalue weighted by Crippen LogP contribution is -2.41. The smallest absolute Gasteiger partial charge is 0.311 e. The molecule has 2 rings (SSSR count). The van der Waals surface area contributed by atoms with Crippen LogP contribution in [-0.2, 0) is 23.9 Å². The Labute approximate surface area is 137 Å².